The van der Waals surface area contributed by atoms with Crippen molar-refractivity contribution in [2.75, 3.05) is 0 Å². The molecule has 0 unspecified atom stereocenters. The van der Waals surface area contributed by atoms with Crippen LogP contribution in [0.15, 0.2) is 18.7 Å². The number of imidazole rings is 1. The molecule has 1 aliphatic rings. The minimum atomic E-state index is 0.966. The van der Waals surface area contributed by atoms with Gasteiger partial charge in [-0.1, -0.05) is 0 Å². The average Bonchev–Trinajstić information content (AvgIpc) is 2.63. The van der Waals surface area contributed by atoms with Crippen molar-refractivity contribution >= 4 is 0 Å². The molecule has 0 N–H and O–H groups in total. The Balaban J connectivity index is 1.94. The predicted molar refractivity (Wildman–Crippen MR) is 46.1 cm³/mol. The van der Waals surface area contributed by atoms with Gasteiger partial charge in [0, 0.05) is 5.92 Å². The Labute approximate surface area is 73.8 Å². The highest BCUT2D eigenvalue weighted by Crippen LogP contribution is 2.23. The van der Waals surface area contributed by atoms with E-state index in [1.165, 1.54) is 5.92 Å². The molecule has 1 heterocycles. The summed E-state index contributed by atoms with van der Waals surface area (Å²) in [7, 11) is 2.03. The third-order valence-electron chi connectivity index (χ3n) is 1.92. The quantitative estimate of drug-likeness (QED) is 0.564. The molecule has 1 aromatic rings. The summed E-state index contributed by atoms with van der Waals surface area (Å²) in [6.45, 7) is 0.966. The van der Waals surface area contributed by atoms with Crippen LogP contribution in [0.25, 0.3) is 0 Å². The second-order valence-corrected chi connectivity index (χ2v) is 3.04. The van der Waals surface area contributed by atoms with Crippen molar-refractivity contribution in [2.24, 2.45) is 7.05 Å². The molecular weight excluding hydrogens is 148 g/mol. The molecule has 1 aromatic heterocycles. The Bertz CT molecular complexity index is 246. The van der Waals surface area contributed by atoms with E-state index in [1.807, 2.05) is 17.8 Å². The van der Waals surface area contributed by atoms with Crippen molar-refractivity contribution in [2.45, 2.75) is 6.54 Å². The summed E-state index contributed by atoms with van der Waals surface area (Å²) < 4.78 is 4.21. The summed E-state index contributed by atoms with van der Waals surface area (Å²) in [6, 6.07) is 0. The van der Waals surface area contributed by atoms with E-state index in [1.54, 1.807) is 0 Å². The van der Waals surface area contributed by atoms with Gasteiger partial charge in [-0.05, 0) is 25.7 Å². The van der Waals surface area contributed by atoms with E-state index < -0.39 is 0 Å². The number of aromatic nitrogens is 2. The molecule has 2 nitrogen and oxygen atoms in total. The van der Waals surface area contributed by atoms with E-state index in [0.29, 0.717) is 0 Å². The molecule has 0 saturated heterocycles. The van der Waals surface area contributed by atoms with Gasteiger partial charge >= 0.3 is 0 Å². The number of rotatable bonds is 2. The molecule has 1 saturated carbocycles. The summed E-state index contributed by atoms with van der Waals surface area (Å²) in [5, 5.41) is 0. The van der Waals surface area contributed by atoms with Crippen molar-refractivity contribution in [1.82, 2.24) is 4.57 Å². The lowest BCUT2D eigenvalue weighted by Gasteiger charge is -2.02. The van der Waals surface area contributed by atoms with Gasteiger partial charge in [-0.15, -0.1) is 0 Å². The summed E-state index contributed by atoms with van der Waals surface area (Å²) in [5.74, 6) is 1.35. The van der Waals surface area contributed by atoms with E-state index in [-0.39, 0.29) is 0 Å². The van der Waals surface area contributed by atoms with E-state index in [4.69, 9.17) is 0 Å². The molecule has 61 valence electrons. The van der Waals surface area contributed by atoms with E-state index in [9.17, 15) is 0 Å². The highest BCUT2D eigenvalue weighted by Gasteiger charge is 2.19. The van der Waals surface area contributed by atoms with Gasteiger partial charge in [0.25, 0.3) is 0 Å². The lowest BCUT2D eigenvalue weighted by Crippen LogP contribution is -2.24. The van der Waals surface area contributed by atoms with Crippen LogP contribution in [0.5, 0.6) is 0 Å². The fourth-order valence-electron chi connectivity index (χ4n) is 1.33. The Morgan fingerprint density at radius 3 is 2.67 bits per heavy atom. The Morgan fingerprint density at radius 2 is 2.08 bits per heavy atom. The first-order valence-electron chi connectivity index (χ1n) is 4.06. The molecule has 0 aromatic carbocycles. The maximum absolute atomic E-state index is 2.16. The van der Waals surface area contributed by atoms with Crippen LogP contribution < -0.4 is 4.57 Å². The fraction of sp³-hybridized carbons (Fsp3) is 0.200. The molecule has 0 spiro atoms. The van der Waals surface area contributed by atoms with Crippen molar-refractivity contribution in [3.05, 3.63) is 50.3 Å². The smallest absolute Gasteiger partial charge is 0.240 e. The van der Waals surface area contributed by atoms with Crippen molar-refractivity contribution in [3.8, 4) is 0 Å². The molecule has 0 aliphatic heterocycles. The van der Waals surface area contributed by atoms with Gasteiger partial charge in [0.2, 0.25) is 6.33 Å². The summed E-state index contributed by atoms with van der Waals surface area (Å²) in [6.07, 6.45) is 14.6. The first-order chi connectivity index (χ1) is 5.84. The first kappa shape index (κ1) is 7.84. The Hall–Kier alpha value is -0.790. The fourth-order valence-corrected chi connectivity index (χ4v) is 1.33. The highest BCUT2D eigenvalue weighted by molar-refractivity contribution is 5.34. The summed E-state index contributed by atoms with van der Waals surface area (Å²) >= 11 is 0. The highest BCUT2D eigenvalue weighted by atomic mass is 15.1. The lowest BCUT2D eigenvalue weighted by atomic mass is 10.1. The summed E-state index contributed by atoms with van der Waals surface area (Å²) in [4.78, 5) is 0. The van der Waals surface area contributed by atoms with Crippen LogP contribution in [0, 0.1) is 31.6 Å². The molecule has 0 atom stereocenters. The summed E-state index contributed by atoms with van der Waals surface area (Å²) in [5.41, 5.74) is 0. The third-order valence-corrected chi connectivity index (χ3v) is 1.92. The molecule has 1 fully saturated rings. The topological polar surface area (TPSA) is 8.81 Å². The van der Waals surface area contributed by atoms with E-state index >= 15 is 0 Å². The van der Waals surface area contributed by atoms with Crippen molar-refractivity contribution < 1.29 is 4.57 Å². The number of nitrogens with zero attached hydrogens (tertiary/aromatic N) is 2. The van der Waals surface area contributed by atoms with Gasteiger partial charge in [-0.3, -0.25) is 0 Å². The van der Waals surface area contributed by atoms with E-state index in [2.05, 4.69) is 42.8 Å². The first-order valence-corrected chi connectivity index (χ1v) is 4.06. The zero-order chi connectivity index (χ0) is 8.39. The van der Waals surface area contributed by atoms with Crippen molar-refractivity contribution in [1.29, 1.82) is 0 Å². The van der Waals surface area contributed by atoms with Gasteiger partial charge in [0.15, 0.2) is 0 Å². The predicted octanol–water partition coefficient (Wildman–Crippen LogP) is 0.718. The minimum absolute atomic E-state index is 0.966. The Kier molecular flexibility index (Phi) is 2.15. The van der Waals surface area contributed by atoms with Gasteiger partial charge < -0.3 is 0 Å². The van der Waals surface area contributed by atoms with Gasteiger partial charge in [-0.25, -0.2) is 9.13 Å². The Morgan fingerprint density at radius 1 is 1.33 bits per heavy atom. The maximum Gasteiger partial charge on any atom is 0.243 e. The maximum atomic E-state index is 2.16. The number of hydrogen-bond donors (Lipinski definition) is 0. The molecule has 0 amide bonds. The van der Waals surface area contributed by atoms with Crippen LogP contribution in [0.2, 0.25) is 0 Å². The van der Waals surface area contributed by atoms with Crippen LogP contribution >= 0.6 is 0 Å². The number of aryl methyl sites for hydroxylation is 1. The van der Waals surface area contributed by atoms with Gasteiger partial charge in [-0.2, -0.15) is 0 Å². The van der Waals surface area contributed by atoms with Crippen LogP contribution in [-0.4, -0.2) is 4.57 Å². The van der Waals surface area contributed by atoms with Gasteiger partial charge in [0.1, 0.15) is 12.4 Å². The molecule has 2 heteroatoms. The zero-order valence-electron chi connectivity index (χ0n) is 7.14. The standard InChI is InChI=1S/C10H12N2/c1-11-6-7-12(9-11)8-10-4-2-3-5-10/h2-7,9H,8H2,1H3/q+1. The van der Waals surface area contributed by atoms with Crippen molar-refractivity contribution in [3.63, 3.8) is 0 Å². The minimum Gasteiger partial charge on any atom is -0.240 e. The number of hydrogen-bond acceptors (Lipinski definition) is 0. The van der Waals surface area contributed by atoms with E-state index in [0.717, 1.165) is 6.54 Å². The van der Waals surface area contributed by atoms with Crippen LogP contribution in [0.1, 0.15) is 0 Å². The second-order valence-electron chi connectivity index (χ2n) is 3.04. The third kappa shape index (κ3) is 1.68. The average molecular weight is 160 g/mol. The lowest BCUT2D eigenvalue weighted by molar-refractivity contribution is -0.671. The van der Waals surface area contributed by atoms with Gasteiger partial charge in [0.05, 0.1) is 13.6 Å². The zero-order valence-corrected chi connectivity index (χ0v) is 7.14. The van der Waals surface area contributed by atoms with Crippen LogP contribution in [0.4, 0.5) is 0 Å². The molecule has 1 aliphatic carbocycles. The SMILES string of the molecule is C[n+]1ccn(C[C]2[CH][CH][CH][CH]2)c1. The molecule has 12 heavy (non-hydrogen) atoms. The normalized spacial score (nSPS) is 18.8. The largest absolute Gasteiger partial charge is 0.243 e. The molecule has 2 rings (SSSR count). The molecule has 5 radical (unpaired) electrons. The van der Waals surface area contributed by atoms with Crippen LogP contribution in [-0.2, 0) is 13.6 Å². The monoisotopic (exact) mass is 160 g/mol. The molecular formula is C10H12N2+. The second kappa shape index (κ2) is 3.30. The van der Waals surface area contributed by atoms with Crippen LogP contribution in [0.3, 0.4) is 0 Å². The molecule has 0 bridgehead atoms.